The van der Waals surface area contributed by atoms with Gasteiger partial charge in [-0.25, -0.2) is 28.8 Å². The van der Waals surface area contributed by atoms with Crippen LogP contribution in [0.15, 0.2) is 179 Å². The fourth-order valence-corrected chi connectivity index (χ4v) is 22.9. The number of halogens is 5. The second kappa shape index (κ2) is 49.5. The number of aliphatic hydroxyl groups excluding tert-OH is 4. The molecule has 3 saturated carbocycles. The number of aromatic nitrogens is 1. The van der Waals surface area contributed by atoms with E-state index in [9.17, 15) is 69.0 Å². The second-order valence-corrected chi connectivity index (χ2v) is 38.8. The summed E-state index contributed by atoms with van der Waals surface area (Å²) in [6.45, 7) is 22.8. The molecule has 9 aliphatic carbocycles. The molecule has 4 saturated heterocycles. The Balaban J connectivity index is 0.000000216. The van der Waals surface area contributed by atoms with Gasteiger partial charge in [-0.3, -0.25) is 9.78 Å². The molecule has 1 aromatic carbocycles. The summed E-state index contributed by atoms with van der Waals surface area (Å²) >= 11 is 22.1. The zero-order valence-electron chi connectivity index (χ0n) is 79.7. The van der Waals surface area contributed by atoms with Gasteiger partial charge in [0, 0.05) is 177 Å². The summed E-state index contributed by atoms with van der Waals surface area (Å²) in [5.41, 5.74) is 2.68. The van der Waals surface area contributed by atoms with Gasteiger partial charge in [0.15, 0.2) is 18.3 Å². The maximum atomic E-state index is 12.9. The van der Waals surface area contributed by atoms with E-state index in [4.69, 9.17) is 98.5 Å². The molecule has 16 rings (SSSR count). The number of rotatable bonds is 23. The molecule has 2 aromatic rings. The van der Waals surface area contributed by atoms with E-state index in [-0.39, 0.29) is 171 Å². The quantitative estimate of drug-likeness (QED) is 0.0114. The smallest absolute Gasteiger partial charge is 1.00 e. The van der Waals surface area contributed by atoms with Gasteiger partial charge in [-0.1, -0.05) is 186 Å². The summed E-state index contributed by atoms with van der Waals surface area (Å²) in [6, 6.07) is 6.76. The largest absolute Gasteiger partial charge is 2.00 e. The number of pyridine rings is 1. The minimum Gasteiger partial charge on any atom is -1.00 e. The predicted molar refractivity (Wildman–Crippen MR) is 508 cm³/mol. The zero-order chi connectivity index (χ0) is 96.4. The number of aliphatic hydroxyl groups is 4. The number of methoxy groups -OCH3 is 3. The Hall–Kier alpha value is -6.82. The van der Waals surface area contributed by atoms with Crippen molar-refractivity contribution < 1.29 is 138 Å². The summed E-state index contributed by atoms with van der Waals surface area (Å²) < 4.78 is 65.2. The fourth-order valence-electron chi connectivity index (χ4n) is 21.6. The number of anilines is 1. The Morgan fingerprint density at radius 1 is 0.630 bits per heavy atom. The molecule has 7 fully saturated rings. The Morgan fingerprint density at radius 2 is 1.04 bits per heavy atom. The van der Waals surface area contributed by atoms with Crippen LogP contribution in [0.2, 0.25) is 15.1 Å². The number of carboxylic acids is 2. The van der Waals surface area contributed by atoms with Crippen LogP contribution in [0.3, 0.4) is 0 Å². The number of cyclic esters (lactones) is 1. The van der Waals surface area contributed by atoms with Crippen molar-refractivity contribution in [1.82, 2.24) is 4.98 Å². The molecular formula is C102H131BrCl4MgN2O25. The molecule has 0 radical (unpaired) electrons. The monoisotopic (exact) mass is 2030 g/mol. The molecule has 6 N–H and O–H groups in total. The molecule has 1 unspecified atom stereocenters. The first-order chi connectivity index (χ1) is 62.7. The first-order valence-corrected chi connectivity index (χ1v) is 47.0. The van der Waals surface area contributed by atoms with Crippen LogP contribution in [-0.2, 0) is 85.7 Å². The first kappa shape index (κ1) is 113. The molecule has 135 heavy (non-hydrogen) atoms. The van der Waals surface area contributed by atoms with Crippen molar-refractivity contribution in [2.24, 2.45) is 88.8 Å². The van der Waals surface area contributed by atoms with Crippen molar-refractivity contribution in [3.05, 3.63) is 208 Å². The van der Waals surface area contributed by atoms with Crippen molar-refractivity contribution in [3.8, 4) is 0 Å². The van der Waals surface area contributed by atoms with Crippen molar-refractivity contribution >= 4 is 122 Å². The van der Waals surface area contributed by atoms with E-state index >= 15 is 0 Å². The summed E-state index contributed by atoms with van der Waals surface area (Å²) in [7, 11) is 8.25. The summed E-state index contributed by atoms with van der Waals surface area (Å²) in [5.74, 6) is -7.98. The number of carboxylic acid groups (broad SMARTS) is 2. The van der Waals surface area contributed by atoms with Crippen LogP contribution in [-0.4, -0.2) is 257 Å². The Morgan fingerprint density at radius 3 is 1.41 bits per heavy atom. The molecule has 736 valence electrons. The van der Waals surface area contributed by atoms with Crippen LogP contribution in [0, 0.1) is 96.2 Å². The molecule has 5 aliphatic heterocycles. The number of carbonyl (C=O) groups is 8. The van der Waals surface area contributed by atoms with Gasteiger partial charge in [0.2, 0.25) is 0 Å². The number of esters is 4. The average Bonchev–Trinajstić information content (AvgIpc) is 1.54. The van der Waals surface area contributed by atoms with Crippen LogP contribution in [0.25, 0.3) is 0 Å². The van der Waals surface area contributed by atoms with E-state index < -0.39 is 137 Å². The molecule has 1 spiro atoms. The van der Waals surface area contributed by atoms with Crippen molar-refractivity contribution in [2.45, 2.75) is 230 Å². The minimum atomic E-state index is -1.08. The Labute approximate surface area is 839 Å². The van der Waals surface area contributed by atoms with E-state index in [0.717, 1.165) is 36.2 Å². The molecule has 32 atom stereocenters. The third kappa shape index (κ3) is 24.2. The van der Waals surface area contributed by atoms with E-state index in [2.05, 4.69) is 23.2 Å². The maximum absolute atomic E-state index is 12.9. The number of nitrogens with zero attached hydrogens (tertiary/aromatic N) is 2. The van der Waals surface area contributed by atoms with Crippen molar-refractivity contribution in [1.29, 1.82) is 0 Å². The number of aldehydes is 1. The van der Waals surface area contributed by atoms with Crippen LogP contribution in [0.5, 0.6) is 0 Å². The molecule has 1 aromatic heterocycles. The minimum absolute atomic E-state index is 0. The SMILES string of the molecule is C1CCOC1.CN(C)c1ccncc1.CO[C@@H](C[C@H]1C=C[C@H]2[C@H]3O[C@]1(/C(C)=C/[C@@H](C)C(C)O)[C@@H]2[C@H](O)[C@@H](C)[C@H]3OC(=O)C1=CC=CC1)C(=O)O.CO[C@@H](C[C@H]1C=C[C@H]2[C@H]3O[C@]1(/C(C)=C/[C@@H](C)C=O)[C@@H]2[C@H](O)[C@@H](C)[C@H]3OC(=O)C1=CC=CC1)C(=O)O.CO[C@H]1C[C@H]2C=C[C@H]3[C@H]4O[C@]2(/C(C)=C/[C@@H](C)[C@H](C)OC1=O)[C@@H]3[C@H](O)[C@@H](C)[C@H]4OC(=O)C1=CC=CC1.O=C(Cl)c1c(Cl)cc(Cl)cc1Cl.[Br-].[CH3-].[Mg+2]. The average molecular weight is 2030 g/mol. The molecule has 0 amide bonds. The summed E-state index contributed by atoms with van der Waals surface area (Å²) in [4.78, 5) is 103. The van der Waals surface area contributed by atoms with E-state index in [1.807, 2.05) is 166 Å². The summed E-state index contributed by atoms with van der Waals surface area (Å²) in [5, 5.41) is 64.4. The molecular weight excluding hydrogens is 1900 g/mol. The second-order valence-electron chi connectivity index (χ2n) is 37.2. The number of hydrogen-bond donors (Lipinski definition) is 6. The van der Waals surface area contributed by atoms with Crippen LogP contribution in [0.1, 0.15) is 138 Å². The third-order valence-electron chi connectivity index (χ3n) is 29.0. The number of ether oxygens (including phenoxy) is 11. The standard InChI is InChI=1S/C28H38O8.C28H36O7.C27H34O8.C7H2Cl4O.C7H10N2.C4H8O.CH3.BrH.Mg/c1-14(17(4)29)12-15(2)28-19(13-21(34-5)26(31)32)10-11-20-22(28)23(30)16(3)24(25(20)36-28)35-27(33)18-8-6-7-9-18;1-14-12-15(2)28-19(13-21(32-5)27(31)33-17(14)4)10-11-20-22(28)23(29)16(3)24(25(20)35-28)34-26(30)18-8-6-7-9-18;1-14(13-28)11-15(2)27-18(12-20(33-4)25(30)31)9-10-19-21(27)22(29)16(3)23(24(19)35-27)34-26(32)17-7-5-6-8-17;8-3-1-4(9)6(7(11)12)5(10)2-3;1-9(2)7-3-5-8-6-4-7;1-2-4-5-3-1;;;/h6-8,10-12,14,16-17,19-25,29-30H,9,13H2,1-5H3,(H,31,32);6-8,10-12,14,16-17,19-25,29H,9,13H2,1-5H3;5-7,9-11,13-14,16,18-24,29H,8,12H2,1-4H3,(H,30,31);1-2H;3-6H,1-2H3;1-4H2;1H3;1H;/q;;;;;;-1;;+2/p-1/b2*15-12+;15-11+;;;;;;/t14-,16-,17?,19-,20-,21+,22+,23-,24-,25-,28+;14-,16-,17+,19-,20-,21+,22+,23-,24-,25-,28+;14-,16-,18-,19-,20+,21+,22-,23-,24-,27+;;;;;;/m111....../s1. The van der Waals surface area contributed by atoms with Gasteiger partial charge in [0.1, 0.15) is 65.8 Å². The normalized spacial score (nSPS) is 35.5. The third-order valence-corrected chi connectivity index (χ3v) is 30.0. The van der Waals surface area contributed by atoms with Crippen molar-refractivity contribution in [2.75, 3.05) is 53.5 Å². The summed E-state index contributed by atoms with van der Waals surface area (Å²) in [6.07, 6.45) is 33.9. The van der Waals surface area contributed by atoms with E-state index in [1.165, 1.54) is 52.0 Å². The number of allylic oxidation sites excluding steroid dienone is 10. The zero-order valence-corrected chi connectivity index (χ0v) is 85.7. The molecule has 12 bridgehead atoms. The van der Waals surface area contributed by atoms with Crippen LogP contribution < -0.4 is 21.9 Å². The number of aliphatic carboxylic acids is 2. The van der Waals surface area contributed by atoms with Gasteiger partial charge in [0.25, 0.3) is 5.24 Å². The van der Waals surface area contributed by atoms with Gasteiger partial charge in [0.05, 0.1) is 40.0 Å². The Bertz CT molecular complexity index is 4880. The predicted octanol–water partition coefficient (Wildman–Crippen LogP) is 11.8. The number of hydrogen-bond acceptors (Lipinski definition) is 25. The Kier molecular flexibility index (Phi) is 41.6. The van der Waals surface area contributed by atoms with Crippen LogP contribution >= 0.6 is 46.4 Å². The van der Waals surface area contributed by atoms with Gasteiger partial charge >= 0.3 is 58.9 Å². The van der Waals surface area contributed by atoms with E-state index in [0.29, 0.717) is 47.4 Å². The van der Waals surface area contributed by atoms with Gasteiger partial charge in [-0.15, -0.1) is 0 Å². The number of benzene rings is 1. The molecule has 27 nitrogen and oxygen atoms in total. The van der Waals surface area contributed by atoms with Gasteiger partial charge < -0.3 is 117 Å². The molecule has 14 aliphatic rings. The topological polar surface area (TPSA) is 376 Å². The van der Waals surface area contributed by atoms with Crippen molar-refractivity contribution in [3.63, 3.8) is 0 Å². The molecule has 33 heteroatoms. The van der Waals surface area contributed by atoms with E-state index in [1.54, 1.807) is 44.5 Å². The van der Waals surface area contributed by atoms with Gasteiger partial charge in [-0.2, -0.15) is 0 Å². The van der Waals surface area contributed by atoms with Crippen LogP contribution in [0.4, 0.5) is 5.69 Å². The molecule has 6 heterocycles. The fraction of sp³-hybridized carbons (Fsp3) is 0.569. The van der Waals surface area contributed by atoms with Gasteiger partial charge in [-0.05, 0) is 139 Å². The first-order valence-electron chi connectivity index (χ1n) is 45.5. The number of carbonyl (C=O) groups excluding carboxylic acids is 6. The maximum Gasteiger partial charge on any atom is 2.00 e.